The van der Waals surface area contributed by atoms with Gasteiger partial charge in [-0.1, -0.05) is 23.4 Å². The first-order chi connectivity index (χ1) is 16.9. The van der Waals surface area contributed by atoms with Gasteiger partial charge in [0.15, 0.2) is 0 Å². The standard InChI is InChI=1S/C26H25ClF2N2O3S/c1-34-18-5-7-24-20(12-18)25(22(27)13-30-24)23(29)6-4-16-8-10-31(14-21(16)26(32)33)9-2-3-19-11-17(28)15-35-19/h5,7,11-13,15-16,21,23H,4,6,8-10,14H2,1H3,(H,32,33). The fourth-order valence-electron chi connectivity index (χ4n) is 4.57. The predicted octanol–water partition coefficient (Wildman–Crippen LogP) is 5.96. The number of hydrogen-bond acceptors (Lipinski definition) is 5. The zero-order valence-corrected chi connectivity index (χ0v) is 20.7. The van der Waals surface area contributed by atoms with Gasteiger partial charge in [0.25, 0.3) is 0 Å². The molecule has 3 aromatic rings. The van der Waals surface area contributed by atoms with E-state index in [1.807, 2.05) is 4.90 Å². The van der Waals surface area contributed by atoms with Crippen molar-refractivity contribution in [3.05, 3.63) is 57.1 Å². The van der Waals surface area contributed by atoms with E-state index in [-0.39, 0.29) is 23.2 Å². The second-order valence-corrected chi connectivity index (χ2v) is 9.93. The molecule has 3 heterocycles. The van der Waals surface area contributed by atoms with Crippen molar-refractivity contribution in [3.8, 4) is 17.6 Å². The lowest BCUT2D eigenvalue weighted by Gasteiger charge is -2.36. The molecule has 0 spiro atoms. The summed E-state index contributed by atoms with van der Waals surface area (Å²) < 4.78 is 33.9. The molecule has 5 nitrogen and oxygen atoms in total. The van der Waals surface area contributed by atoms with Gasteiger partial charge >= 0.3 is 5.97 Å². The van der Waals surface area contributed by atoms with Gasteiger partial charge in [-0.15, -0.1) is 11.3 Å². The Morgan fingerprint density at radius 2 is 2.26 bits per heavy atom. The fourth-order valence-corrected chi connectivity index (χ4v) is 5.46. The first-order valence-electron chi connectivity index (χ1n) is 11.3. The van der Waals surface area contributed by atoms with Crippen molar-refractivity contribution in [2.24, 2.45) is 11.8 Å². The van der Waals surface area contributed by atoms with Crippen molar-refractivity contribution in [2.75, 3.05) is 26.7 Å². The van der Waals surface area contributed by atoms with Gasteiger partial charge < -0.3 is 9.84 Å². The largest absolute Gasteiger partial charge is 0.497 e. The quantitative estimate of drug-likeness (QED) is 0.391. The lowest BCUT2D eigenvalue weighted by atomic mass is 9.81. The van der Waals surface area contributed by atoms with E-state index >= 15 is 4.39 Å². The van der Waals surface area contributed by atoms with Gasteiger partial charge in [-0.05, 0) is 49.9 Å². The van der Waals surface area contributed by atoms with Crippen LogP contribution in [-0.4, -0.2) is 47.7 Å². The highest BCUT2D eigenvalue weighted by atomic mass is 35.5. The third kappa shape index (κ3) is 6.10. The number of halogens is 3. The maximum Gasteiger partial charge on any atom is 0.308 e. The molecular formula is C26H25ClF2N2O3S. The summed E-state index contributed by atoms with van der Waals surface area (Å²) in [6.07, 6.45) is 1.31. The molecule has 0 amide bonds. The van der Waals surface area contributed by atoms with Gasteiger partial charge in [-0.3, -0.25) is 14.7 Å². The first kappa shape index (κ1) is 25.4. The fraction of sp³-hybridized carbons (Fsp3) is 0.385. The van der Waals surface area contributed by atoms with E-state index in [9.17, 15) is 14.3 Å². The monoisotopic (exact) mass is 518 g/mol. The van der Waals surface area contributed by atoms with Gasteiger partial charge in [-0.25, -0.2) is 8.78 Å². The molecule has 0 radical (unpaired) electrons. The Bertz CT molecular complexity index is 1270. The number of carboxylic acid groups (broad SMARTS) is 1. The maximum atomic E-state index is 15.5. The van der Waals surface area contributed by atoms with E-state index in [0.29, 0.717) is 59.6 Å². The van der Waals surface area contributed by atoms with Crippen molar-refractivity contribution in [1.82, 2.24) is 9.88 Å². The van der Waals surface area contributed by atoms with Crippen LogP contribution in [-0.2, 0) is 4.79 Å². The highest BCUT2D eigenvalue weighted by molar-refractivity contribution is 7.10. The molecule has 0 aliphatic carbocycles. The summed E-state index contributed by atoms with van der Waals surface area (Å²) in [5, 5.41) is 12.1. The molecular weight excluding hydrogens is 494 g/mol. The number of fused-ring (bicyclic) bond motifs is 1. The van der Waals surface area contributed by atoms with E-state index in [0.717, 1.165) is 0 Å². The number of thiophene rings is 1. The van der Waals surface area contributed by atoms with Gasteiger partial charge in [0.2, 0.25) is 0 Å². The third-order valence-electron chi connectivity index (χ3n) is 6.41. The molecule has 184 valence electrons. The Kier molecular flexibility index (Phi) is 8.22. The molecule has 9 heteroatoms. The number of methoxy groups -OCH3 is 1. The van der Waals surface area contributed by atoms with Crippen molar-refractivity contribution >= 4 is 39.8 Å². The topological polar surface area (TPSA) is 62.7 Å². The average molecular weight is 519 g/mol. The van der Waals surface area contributed by atoms with Crippen molar-refractivity contribution in [3.63, 3.8) is 0 Å². The van der Waals surface area contributed by atoms with Crippen molar-refractivity contribution in [1.29, 1.82) is 0 Å². The second-order valence-electron chi connectivity index (χ2n) is 8.61. The van der Waals surface area contributed by atoms with Crippen LogP contribution >= 0.6 is 22.9 Å². The van der Waals surface area contributed by atoms with Crippen LogP contribution in [0.3, 0.4) is 0 Å². The molecule has 3 atom stereocenters. The molecule has 3 unspecified atom stereocenters. The molecule has 1 N–H and O–H groups in total. The normalized spacial score (nSPS) is 19.2. The van der Waals surface area contributed by atoms with Gasteiger partial charge in [0, 0.05) is 35.1 Å². The van der Waals surface area contributed by atoms with E-state index in [1.54, 1.807) is 18.2 Å². The van der Waals surface area contributed by atoms with Crippen LogP contribution < -0.4 is 4.74 Å². The number of ether oxygens (including phenoxy) is 1. The number of benzene rings is 1. The number of carbonyl (C=O) groups is 1. The van der Waals surface area contributed by atoms with Crippen LogP contribution in [0.5, 0.6) is 5.75 Å². The van der Waals surface area contributed by atoms with Gasteiger partial charge in [-0.2, -0.15) is 0 Å². The number of nitrogens with zero attached hydrogens (tertiary/aromatic N) is 2. The van der Waals surface area contributed by atoms with Crippen LogP contribution in [0.15, 0.2) is 35.8 Å². The number of likely N-dealkylation sites (tertiary alicyclic amines) is 1. The molecule has 1 aromatic carbocycles. The molecule has 1 aliphatic heterocycles. The second kappa shape index (κ2) is 11.3. The maximum absolute atomic E-state index is 15.5. The Hall–Kier alpha value is -2.73. The summed E-state index contributed by atoms with van der Waals surface area (Å²) in [4.78, 5) is 18.9. The van der Waals surface area contributed by atoms with Crippen LogP contribution in [0.1, 0.15) is 35.9 Å². The number of alkyl halides is 1. The minimum Gasteiger partial charge on any atom is -0.497 e. The van der Waals surface area contributed by atoms with Gasteiger partial charge in [0.1, 0.15) is 17.7 Å². The summed E-state index contributed by atoms with van der Waals surface area (Å²) in [6.45, 7) is 1.43. The smallest absolute Gasteiger partial charge is 0.308 e. The molecule has 35 heavy (non-hydrogen) atoms. The summed E-state index contributed by atoms with van der Waals surface area (Å²) in [6, 6.07) is 6.62. The molecule has 1 aliphatic rings. The number of aromatic nitrogens is 1. The van der Waals surface area contributed by atoms with Crippen LogP contribution in [0.25, 0.3) is 10.9 Å². The lowest BCUT2D eigenvalue weighted by Crippen LogP contribution is -2.44. The molecule has 0 saturated carbocycles. The Morgan fingerprint density at radius 1 is 1.43 bits per heavy atom. The van der Waals surface area contributed by atoms with Crippen LogP contribution in [0, 0.1) is 29.5 Å². The Labute approximate surface area is 211 Å². The number of aliphatic carboxylic acids is 1. The van der Waals surface area contributed by atoms with Crippen molar-refractivity contribution in [2.45, 2.75) is 25.4 Å². The summed E-state index contributed by atoms with van der Waals surface area (Å²) in [5.41, 5.74) is 0.983. The Morgan fingerprint density at radius 3 is 2.97 bits per heavy atom. The predicted molar refractivity (Wildman–Crippen MR) is 133 cm³/mol. The number of pyridine rings is 1. The molecule has 0 bridgehead atoms. The molecule has 1 saturated heterocycles. The highest BCUT2D eigenvalue weighted by Crippen LogP contribution is 2.38. The minimum atomic E-state index is -1.36. The average Bonchev–Trinajstić information content (AvgIpc) is 3.27. The summed E-state index contributed by atoms with van der Waals surface area (Å²) in [7, 11) is 1.54. The molecule has 4 rings (SSSR count). The lowest BCUT2D eigenvalue weighted by molar-refractivity contribution is -0.146. The van der Waals surface area contributed by atoms with Gasteiger partial charge in [0.05, 0.1) is 35.0 Å². The summed E-state index contributed by atoms with van der Waals surface area (Å²) >= 11 is 7.57. The molecule has 2 aromatic heterocycles. The van der Waals surface area contributed by atoms with E-state index in [1.165, 1.54) is 36.1 Å². The SMILES string of the molecule is COc1ccc2ncc(Cl)c(C(F)CCC3CCN(CC#Cc4cc(F)cs4)CC3C(=O)O)c2c1. The summed E-state index contributed by atoms with van der Waals surface area (Å²) in [5.74, 6) is 4.54. The zero-order chi connectivity index (χ0) is 24.9. The Balaban J connectivity index is 1.41. The number of rotatable bonds is 7. The minimum absolute atomic E-state index is 0.150. The van der Waals surface area contributed by atoms with E-state index in [4.69, 9.17) is 16.3 Å². The third-order valence-corrected chi connectivity index (χ3v) is 7.53. The van der Waals surface area contributed by atoms with Crippen LogP contribution in [0.4, 0.5) is 8.78 Å². The van der Waals surface area contributed by atoms with Crippen LogP contribution in [0.2, 0.25) is 5.02 Å². The zero-order valence-electron chi connectivity index (χ0n) is 19.1. The van der Waals surface area contributed by atoms with Crippen molar-refractivity contribution < 1.29 is 23.4 Å². The highest BCUT2D eigenvalue weighted by Gasteiger charge is 2.34. The number of hydrogen-bond donors (Lipinski definition) is 1. The van der Waals surface area contributed by atoms with E-state index in [2.05, 4.69) is 16.8 Å². The number of carboxylic acids is 1. The molecule has 1 fully saturated rings. The van der Waals surface area contributed by atoms with E-state index < -0.39 is 18.1 Å². The first-order valence-corrected chi connectivity index (χ1v) is 12.6. The number of piperidine rings is 1.